The lowest BCUT2D eigenvalue weighted by molar-refractivity contribution is -0.131. The molecule has 0 aliphatic carbocycles. The first kappa shape index (κ1) is 19.3. The van der Waals surface area contributed by atoms with E-state index in [9.17, 15) is 13.2 Å². The Kier molecular flexibility index (Phi) is 7.13. The lowest BCUT2D eigenvalue weighted by atomic mass is 10.1. The summed E-state index contributed by atoms with van der Waals surface area (Å²) in [4.78, 5) is 15.4. The van der Waals surface area contributed by atoms with E-state index in [0.717, 1.165) is 12.0 Å². The lowest BCUT2D eigenvalue weighted by Gasteiger charge is -2.34. The molecule has 0 atom stereocenters. The molecule has 0 saturated carbocycles. The normalized spacial score (nSPS) is 16.3. The summed E-state index contributed by atoms with van der Waals surface area (Å²) in [5, 5.41) is 0. The summed E-state index contributed by atoms with van der Waals surface area (Å²) >= 11 is 1.67. The van der Waals surface area contributed by atoms with Crippen molar-refractivity contribution in [2.45, 2.75) is 31.1 Å². The van der Waals surface area contributed by atoms with Gasteiger partial charge in [0.25, 0.3) is 0 Å². The van der Waals surface area contributed by atoms with Gasteiger partial charge >= 0.3 is 0 Å². The molecule has 24 heavy (non-hydrogen) atoms. The van der Waals surface area contributed by atoms with Crippen LogP contribution in [0.4, 0.5) is 0 Å². The number of nitrogens with zero attached hydrogens (tertiary/aromatic N) is 2. The molecule has 1 aliphatic heterocycles. The molecule has 1 aromatic rings. The molecule has 0 unspecified atom stereocenters. The average Bonchev–Trinajstić information content (AvgIpc) is 2.60. The summed E-state index contributed by atoms with van der Waals surface area (Å²) in [5.74, 6) is 0.275. The summed E-state index contributed by atoms with van der Waals surface area (Å²) in [7, 11) is -3.17. The van der Waals surface area contributed by atoms with Crippen molar-refractivity contribution in [1.29, 1.82) is 0 Å². The van der Waals surface area contributed by atoms with Crippen molar-refractivity contribution >= 4 is 27.7 Å². The van der Waals surface area contributed by atoms with Crippen LogP contribution < -0.4 is 0 Å². The monoisotopic (exact) mass is 370 g/mol. The van der Waals surface area contributed by atoms with Gasteiger partial charge in [-0.1, -0.05) is 25.5 Å². The number of unbranched alkanes of at least 4 members (excludes halogenated alkanes) is 1. The summed E-state index contributed by atoms with van der Waals surface area (Å²) in [6.45, 7) is 3.75. The highest BCUT2D eigenvalue weighted by atomic mass is 32.2. The van der Waals surface area contributed by atoms with E-state index in [1.54, 1.807) is 16.7 Å². The number of hydrogen-bond donors (Lipinski definition) is 0. The Bertz CT molecular complexity index is 636. The molecule has 7 heteroatoms. The van der Waals surface area contributed by atoms with Crippen LogP contribution in [-0.2, 0) is 21.2 Å². The third-order valence-electron chi connectivity index (χ3n) is 4.25. The van der Waals surface area contributed by atoms with E-state index in [1.807, 2.05) is 37.4 Å². The smallest absolute Gasteiger partial charge is 0.227 e. The highest BCUT2D eigenvalue weighted by Gasteiger charge is 2.28. The maximum atomic E-state index is 12.4. The predicted molar refractivity (Wildman–Crippen MR) is 98.8 cm³/mol. The van der Waals surface area contributed by atoms with Gasteiger partial charge in [-0.3, -0.25) is 4.79 Å². The largest absolute Gasteiger partial charge is 0.340 e. The Morgan fingerprint density at radius 2 is 1.75 bits per heavy atom. The average molecular weight is 371 g/mol. The summed E-state index contributed by atoms with van der Waals surface area (Å²) in [6, 6.07) is 8.00. The van der Waals surface area contributed by atoms with E-state index in [-0.39, 0.29) is 11.7 Å². The second kappa shape index (κ2) is 8.87. The third kappa shape index (κ3) is 5.22. The van der Waals surface area contributed by atoms with Crippen molar-refractivity contribution in [2.24, 2.45) is 0 Å². The van der Waals surface area contributed by atoms with Gasteiger partial charge in [0.15, 0.2) is 0 Å². The van der Waals surface area contributed by atoms with E-state index in [2.05, 4.69) is 0 Å². The molecular formula is C17H26N2O3S2. The molecule has 134 valence electrons. The van der Waals surface area contributed by atoms with Gasteiger partial charge < -0.3 is 4.90 Å². The molecule has 0 bridgehead atoms. The number of rotatable bonds is 7. The van der Waals surface area contributed by atoms with Gasteiger partial charge in [-0.15, -0.1) is 11.8 Å². The van der Waals surface area contributed by atoms with Gasteiger partial charge in [-0.2, -0.15) is 4.31 Å². The minimum Gasteiger partial charge on any atom is -0.340 e. The van der Waals surface area contributed by atoms with Crippen LogP contribution in [0.25, 0.3) is 0 Å². The van der Waals surface area contributed by atoms with E-state index in [4.69, 9.17) is 0 Å². The van der Waals surface area contributed by atoms with Crippen molar-refractivity contribution in [3.8, 4) is 0 Å². The molecular weight excluding hydrogens is 344 g/mol. The van der Waals surface area contributed by atoms with Crippen molar-refractivity contribution in [2.75, 3.05) is 38.2 Å². The predicted octanol–water partition coefficient (Wildman–Crippen LogP) is 2.23. The first-order valence-electron chi connectivity index (χ1n) is 8.35. The Balaban J connectivity index is 1.86. The molecule has 0 spiro atoms. The number of carbonyl (C=O) groups is 1. The van der Waals surface area contributed by atoms with Crippen LogP contribution in [0.3, 0.4) is 0 Å². The van der Waals surface area contributed by atoms with Gasteiger partial charge in [0.1, 0.15) is 0 Å². The van der Waals surface area contributed by atoms with Crippen LogP contribution in [-0.4, -0.2) is 61.7 Å². The number of thioether (sulfide) groups is 1. The van der Waals surface area contributed by atoms with Gasteiger partial charge in [-0.05, 0) is 30.4 Å². The number of amides is 1. The fraction of sp³-hybridized carbons (Fsp3) is 0.588. The molecule has 1 heterocycles. The molecule has 1 amide bonds. The van der Waals surface area contributed by atoms with Gasteiger partial charge in [0.05, 0.1) is 12.2 Å². The van der Waals surface area contributed by atoms with Crippen molar-refractivity contribution in [3.63, 3.8) is 0 Å². The summed E-state index contributed by atoms with van der Waals surface area (Å²) < 4.78 is 25.9. The molecule has 0 radical (unpaired) electrons. The number of piperazine rings is 1. The molecule has 5 nitrogen and oxygen atoms in total. The SMILES string of the molecule is CCCCS(=O)(=O)N1CCN(C(=O)Cc2ccc(SC)cc2)CC1. The molecule has 0 N–H and O–H groups in total. The van der Waals surface area contributed by atoms with Crippen LogP contribution in [0.15, 0.2) is 29.2 Å². The molecule has 1 saturated heterocycles. The fourth-order valence-electron chi connectivity index (χ4n) is 2.70. The number of benzene rings is 1. The number of carbonyl (C=O) groups excluding carboxylic acids is 1. The lowest BCUT2D eigenvalue weighted by Crippen LogP contribution is -2.51. The van der Waals surface area contributed by atoms with Crippen LogP contribution >= 0.6 is 11.8 Å². The zero-order valence-electron chi connectivity index (χ0n) is 14.4. The minimum atomic E-state index is -3.17. The Morgan fingerprint density at radius 3 is 2.29 bits per heavy atom. The Morgan fingerprint density at radius 1 is 1.12 bits per heavy atom. The second-order valence-electron chi connectivity index (χ2n) is 5.97. The number of hydrogen-bond acceptors (Lipinski definition) is 4. The standard InChI is InChI=1S/C17H26N2O3S2/c1-3-4-13-24(21,22)19-11-9-18(10-12-19)17(20)14-15-5-7-16(23-2)8-6-15/h5-8H,3-4,9-14H2,1-2H3. The van der Waals surface area contributed by atoms with E-state index < -0.39 is 10.0 Å². The maximum absolute atomic E-state index is 12.4. The molecule has 2 rings (SSSR count). The highest BCUT2D eigenvalue weighted by molar-refractivity contribution is 7.98. The zero-order valence-corrected chi connectivity index (χ0v) is 16.0. The van der Waals surface area contributed by atoms with Gasteiger partial charge in [0, 0.05) is 31.1 Å². The van der Waals surface area contributed by atoms with Crippen LogP contribution in [0.2, 0.25) is 0 Å². The van der Waals surface area contributed by atoms with E-state index in [0.29, 0.717) is 39.0 Å². The molecule has 1 fully saturated rings. The van der Waals surface area contributed by atoms with E-state index >= 15 is 0 Å². The molecule has 1 aliphatic rings. The maximum Gasteiger partial charge on any atom is 0.227 e. The van der Waals surface area contributed by atoms with Crippen molar-refractivity contribution < 1.29 is 13.2 Å². The summed E-state index contributed by atoms with van der Waals surface area (Å²) in [6.07, 6.45) is 3.95. The first-order valence-corrected chi connectivity index (χ1v) is 11.2. The van der Waals surface area contributed by atoms with Crippen LogP contribution in [0.5, 0.6) is 0 Å². The van der Waals surface area contributed by atoms with Crippen molar-refractivity contribution in [3.05, 3.63) is 29.8 Å². The van der Waals surface area contributed by atoms with Crippen LogP contribution in [0, 0.1) is 0 Å². The topological polar surface area (TPSA) is 57.7 Å². The van der Waals surface area contributed by atoms with Crippen LogP contribution in [0.1, 0.15) is 25.3 Å². The van der Waals surface area contributed by atoms with Gasteiger partial charge in [0.2, 0.25) is 15.9 Å². The Hall–Kier alpha value is -1.05. The Labute approximate surface area is 149 Å². The quantitative estimate of drug-likeness (QED) is 0.691. The highest BCUT2D eigenvalue weighted by Crippen LogP contribution is 2.16. The van der Waals surface area contributed by atoms with Crippen molar-refractivity contribution in [1.82, 2.24) is 9.21 Å². The van der Waals surface area contributed by atoms with E-state index in [1.165, 1.54) is 9.20 Å². The molecule has 0 aromatic heterocycles. The first-order chi connectivity index (χ1) is 11.5. The van der Waals surface area contributed by atoms with Gasteiger partial charge in [-0.25, -0.2) is 8.42 Å². The number of sulfonamides is 1. The second-order valence-corrected chi connectivity index (χ2v) is 8.94. The minimum absolute atomic E-state index is 0.0671. The summed E-state index contributed by atoms with van der Waals surface area (Å²) in [5.41, 5.74) is 0.996. The molecule has 1 aromatic carbocycles. The zero-order chi connectivity index (χ0) is 17.6. The third-order valence-corrected chi connectivity index (χ3v) is 6.96. The fourth-order valence-corrected chi connectivity index (χ4v) is 4.74.